The van der Waals surface area contributed by atoms with Gasteiger partial charge in [0.2, 0.25) is 0 Å². The van der Waals surface area contributed by atoms with Crippen molar-refractivity contribution < 1.29 is 18.5 Å². The molecule has 0 radical (unpaired) electrons. The Bertz CT molecular complexity index is 475. The second-order valence-corrected chi connectivity index (χ2v) is 5.38. The SMILES string of the molecule is Cc1ccc(OC(=O)C2CCC(C(=O)OS)CC2)cc1. The molecule has 0 atom stereocenters. The highest BCUT2D eigenvalue weighted by Crippen LogP contribution is 2.31. The lowest BCUT2D eigenvalue weighted by Crippen LogP contribution is -2.28. The molecule has 0 N–H and O–H groups in total. The summed E-state index contributed by atoms with van der Waals surface area (Å²) in [6.07, 6.45) is 2.59. The number of rotatable bonds is 3. The zero-order chi connectivity index (χ0) is 14.5. The van der Waals surface area contributed by atoms with Crippen LogP contribution >= 0.6 is 12.9 Å². The van der Waals surface area contributed by atoms with Crippen molar-refractivity contribution in [3.63, 3.8) is 0 Å². The van der Waals surface area contributed by atoms with Crippen LogP contribution in [-0.4, -0.2) is 11.9 Å². The van der Waals surface area contributed by atoms with Crippen molar-refractivity contribution in [2.45, 2.75) is 32.6 Å². The predicted molar refractivity (Wildman–Crippen MR) is 77.3 cm³/mol. The van der Waals surface area contributed by atoms with Crippen molar-refractivity contribution in [1.29, 1.82) is 0 Å². The van der Waals surface area contributed by atoms with E-state index in [0.717, 1.165) is 5.56 Å². The lowest BCUT2D eigenvalue weighted by atomic mass is 9.82. The van der Waals surface area contributed by atoms with Gasteiger partial charge in [-0.05, 0) is 44.7 Å². The van der Waals surface area contributed by atoms with Crippen LogP contribution in [0.15, 0.2) is 24.3 Å². The van der Waals surface area contributed by atoms with Crippen LogP contribution in [0.4, 0.5) is 0 Å². The maximum atomic E-state index is 12.0. The molecule has 0 spiro atoms. The molecule has 0 amide bonds. The first-order valence-corrected chi connectivity index (χ1v) is 7.10. The van der Waals surface area contributed by atoms with E-state index in [2.05, 4.69) is 17.1 Å². The Morgan fingerprint density at radius 1 is 1.00 bits per heavy atom. The maximum absolute atomic E-state index is 12.0. The van der Waals surface area contributed by atoms with Crippen LogP contribution in [0, 0.1) is 18.8 Å². The van der Waals surface area contributed by atoms with Crippen LogP contribution in [0.1, 0.15) is 31.2 Å². The van der Waals surface area contributed by atoms with Crippen molar-refractivity contribution in [2.75, 3.05) is 0 Å². The Balaban J connectivity index is 1.85. The Labute approximate surface area is 124 Å². The molecule has 0 aromatic heterocycles. The number of hydrogen-bond donors (Lipinski definition) is 1. The molecular weight excluding hydrogens is 276 g/mol. The molecule has 0 saturated heterocycles. The third-order valence-corrected chi connectivity index (χ3v) is 3.90. The van der Waals surface area contributed by atoms with E-state index < -0.39 is 0 Å². The second kappa shape index (κ2) is 6.79. The topological polar surface area (TPSA) is 52.6 Å². The Morgan fingerprint density at radius 3 is 2.00 bits per heavy atom. The molecule has 5 heteroatoms. The molecule has 108 valence electrons. The molecule has 0 unspecified atom stereocenters. The number of thiol groups is 1. The second-order valence-electron chi connectivity index (χ2n) is 5.19. The summed E-state index contributed by atoms with van der Waals surface area (Å²) in [4.78, 5) is 23.4. The molecule has 0 heterocycles. The summed E-state index contributed by atoms with van der Waals surface area (Å²) in [6.45, 7) is 1.98. The predicted octanol–water partition coefficient (Wildman–Crippen LogP) is 3.09. The lowest BCUT2D eigenvalue weighted by molar-refractivity contribution is -0.144. The summed E-state index contributed by atoms with van der Waals surface area (Å²) in [7, 11) is 0. The zero-order valence-electron chi connectivity index (χ0n) is 11.4. The van der Waals surface area contributed by atoms with Gasteiger partial charge in [0.05, 0.1) is 11.8 Å². The first-order chi connectivity index (χ1) is 9.60. The highest BCUT2D eigenvalue weighted by Gasteiger charge is 2.31. The third-order valence-electron chi connectivity index (χ3n) is 3.72. The van der Waals surface area contributed by atoms with Gasteiger partial charge >= 0.3 is 11.9 Å². The van der Waals surface area contributed by atoms with Crippen molar-refractivity contribution in [3.05, 3.63) is 29.8 Å². The number of aryl methyl sites for hydroxylation is 1. The van der Waals surface area contributed by atoms with E-state index in [1.165, 1.54) is 0 Å². The minimum Gasteiger partial charge on any atom is -0.426 e. The molecule has 2 rings (SSSR count). The van der Waals surface area contributed by atoms with E-state index in [4.69, 9.17) is 4.74 Å². The fourth-order valence-electron chi connectivity index (χ4n) is 2.45. The van der Waals surface area contributed by atoms with Crippen molar-refractivity contribution in [2.24, 2.45) is 11.8 Å². The van der Waals surface area contributed by atoms with Gasteiger partial charge in [0.25, 0.3) is 0 Å². The number of esters is 1. The molecule has 0 aliphatic heterocycles. The van der Waals surface area contributed by atoms with Crippen LogP contribution in [0.3, 0.4) is 0 Å². The Hall–Kier alpha value is -1.49. The van der Waals surface area contributed by atoms with Gasteiger partial charge in [-0.15, -0.1) is 0 Å². The van der Waals surface area contributed by atoms with Gasteiger partial charge in [0.15, 0.2) is 0 Å². The average Bonchev–Trinajstić information content (AvgIpc) is 2.49. The van der Waals surface area contributed by atoms with E-state index in [0.29, 0.717) is 31.4 Å². The summed E-state index contributed by atoms with van der Waals surface area (Å²) in [6, 6.07) is 7.39. The Kier molecular flexibility index (Phi) is 5.06. The molecule has 20 heavy (non-hydrogen) atoms. The summed E-state index contributed by atoms with van der Waals surface area (Å²) in [5.41, 5.74) is 1.12. The fraction of sp³-hybridized carbons (Fsp3) is 0.467. The van der Waals surface area contributed by atoms with Crippen molar-refractivity contribution in [1.82, 2.24) is 0 Å². The van der Waals surface area contributed by atoms with Gasteiger partial charge in [0.1, 0.15) is 5.75 Å². The largest absolute Gasteiger partial charge is 0.426 e. The van der Waals surface area contributed by atoms with Crippen LogP contribution in [0.2, 0.25) is 0 Å². The summed E-state index contributed by atoms with van der Waals surface area (Å²) in [5, 5.41) is 0. The van der Waals surface area contributed by atoms with Crippen LogP contribution in [-0.2, 0) is 13.8 Å². The molecule has 1 aromatic carbocycles. The standard InChI is InChI=1S/C15H18O4S/c1-10-2-8-13(9-3-10)18-14(16)11-4-6-12(7-5-11)15(17)19-20/h2-3,8-9,11-12,20H,4-7H2,1H3. The maximum Gasteiger partial charge on any atom is 0.320 e. The number of carbonyl (C=O) groups excluding carboxylic acids is 2. The fourth-order valence-corrected chi connectivity index (χ4v) is 2.59. The number of carbonyl (C=O) groups is 2. The van der Waals surface area contributed by atoms with Crippen LogP contribution in [0.25, 0.3) is 0 Å². The highest BCUT2D eigenvalue weighted by atomic mass is 32.1. The van der Waals surface area contributed by atoms with E-state index >= 15 is 0 Å². The van der Waals surface area contributed by atoms with E-state index in [-0.39, 0.29) is 23.8 Å². The van der Waals surface area contributed by atoms with Gasteiger partial charge in [-0.3, -0.25) is 9.59 Å². The number of hydrogen-bond acceptors (Lipinski definition) is 5. The van der Waals surface area contributed by atoms with Crippen LogP contribution in [0.5, 0.6) is 5.75 Å². The van der Waals surface area contributed by atoms with Crippen molar-refractivity contribution in [3.8, 4) is 5.75 Å². The first kappa shape index (κ1) is 14.9. The van der Waals surface area contributed by atoms with Crippen LogP contribution < -0.4 is 4.74 Å². The quantitative estimate of drug-likeness (QED) is 0.403. The van der Waals surface area contributed by atoms with E-state index in [1.807, 2.05) is 19.1 Å². The summed E-state index contributed by atoms with van der Waals surface area (Å²) in [5.74, 6) is -0.237. The summed E-state index contributed by atoms with van der Waals surface area (Å²) >= 11 is 3.52. The summed E-state index contributed by atoms with van der Waals surface area (Å²) < 4.78 is 9.79. The minimum atomic E-state index is -0.307. The monoisotopic (exact) mass is 294 g/mol. The first-order valence-electron chi connectivity index (χ1n) is 6.73. The number of benzene rings is 1. The highest BCUT2D eigenvalue weighted by molar-refractivity contribution is 7.75. The van der Waals surface area contributed by atoms with E-state index in [9.17, 15) is 9.59 Å². The molecule has 1 aliphatic carbocycles. The van der Waals surface area contributed by atoms with Gasteiger partial charge in [0, 0.05) is 12.9 Å². The van der Waals surface area contributed by atoms with Gasteiger partial charge < -0.3 is 8.92 Å². The third kappa shape index (κ3) is 3.76. The molecule has 1 aromatic rings. The van der Waals surface area contributed by atoms with Gasteiger partial charge in [-0.2, -0.15) is 0 Å². The normalized spacial score (nSPS) is 22.1. The van der Waals surface area contributed by atoms with Gasteiger partial charge in [-0.1, -0.05) is 17.7 Å². The Morgan fingerprint density at radius 2 is 1.50 bits per heavy atom. The zero-order valence-corrected chi connectivity index (χ0v) is 12.3. The molecule has 4 nitrogen and oxygen atoms in total. The average molecular weight is 294 g/mol. The molecule has 1 saturated carbocycles. The molecular formula is C15H18O4S. The molecule has 1 aliphatic rings. The van der Waals surface area contributed by atoms with E-state index in [1.54, 1.807) is 12.1 Å². The number of ether oxygens (including phenoxy) is 1. The molecule has 1 fully saturated rings. The van der Waals surface area contributed by atoms with Crippen molar-refractivity contribution >= 4 is 24.8 Å². The minimum absolute atomic E-state index is 0.139. The van der Waals surface area contributed by atoms with Gasteiger partial charge in [-0.25, -0.2) is 0 Å². The smallest absolute Gasteiger partial charge is 0.320 e. The lowest BCUT2D eigenvalue weighted by Gasteiger charge is -2.25. The molecule has 0 bridgehead atoms.